The molecule has 19 heavy (non-hydrogen) atoms. The fourth-order valence-electron chi connectivity index (χ4n) is 1.40. The number of aliphatic hydroxyl groups is 1. The van der Waals surface area contributed by atoms with Gasteiger partial charge in [0.2, 0.25) is 10.0 Å². The van der Waals surface area contributed by atoms with Crippen LogP contribution >= 0.6 is 0 Å². The zero-order valence-electron chi connectivity index (χ0n) is 10.6. The molecule has 104 valence electrons. The molecule has 0 amide bonds. The van der Waals surface area contributed by atoms with Gasteiger partial charge in [-0.1, -0.05) is 18.2 Å². The summed E-state index contributed by atoms with van der Waals surface area (Å²) in [5.41, 5.74) is 6.30. The van der Waals surface area contributed by atoms with Gasteiger partial charge in [0.05, 0.1) is 23.5 Å². The number of benzene rings is 1. The summed E-state index contributed by atoms with van der Waals surface area (Å²) in [5, 5.41) is 18.1. The standard InChI is InChI=1S/C12H17N3O3S/c1-9(16)12(14)7-15-19(17,18)8-11-5-3-2-4-10(11)6-13/h2-5,9,12,15-16H,7-8,14H2,1H3. The minimum absolute atomic E-state index is 0.0469. The Morgan fingerprint density at radius 2 is 2.11 bits per heavy atom. The molecule has 2 unspecified atom stereocenters. The highest BCUT2D eigenvalue weighted by atomic mass is 32.2. The number of nitrogens with zero attached hydrogens (tertiary/aromatic N) is 1. The molecule has 0 fully saturated rings. The largest absolute Gasteiger partial charge is 0.392 e. The van der Waals surface area contributed by atoms with Crippen LogP contribution in [0.4, 0.5) is 0 Å². The van der Waals surface area contributed by atoms with Crippen molar-refractivity contribution in [3.05, 3.63) is 35.4 Å². The van der Waals surface area contributed by atoms with E-state index in [2.05, 4.69) is 4.72 Å². The number of sulfonamides is 1. The van der Waals surface area contributed by atoms with Crippen molar-refractivity contribution in [3.63, 3.8) is 0 Å². The lowest BCUT2D eigenvalue weighted by molar-refractivity contribution is 0.164. The van der Waals surface area contributed by atoms with Crippen LogP contribution in [-0.4, -0.2) is 32.2 Å². The van der Waals surface area contributed by atoms with Crippen molar-refractivity contribution in [2.45, 2.75) is 24.8 Å². The van der Waals surface area contributed by atoms with Crippen molar-refractivity contribution < 1.29 is 13.5 Å². The third-order valence-electron chi connectivity index (χ3n) is 2.64. The molecule has 1 rings (SSSR count). The Bertz CT molecular complexity index is 564. The van der Waals surface area contributed by atoms with Crippen molar-refractivity contribution in [3.8, 4) is 6.07 Å². The molecule has 0 saturated carbocycles. The van der Waals surface area contributed by atoms with Crippen LogP contribution in [-0.2, 0) is 15.8 Å². The van der Waals surface area contributed by atoms with Crippen LogP contribution < -0.4 is 10.5 Å². The molecule has 0 aromatic heterocycles. The van der Waals surface area contributed by atoms with Crippen molar-refractivity contribution in [1.82, 2.24) is 4.72 Å². The van der Waals surface area contributed by atoms with Crippen LogP contribution in [0.25, 0.3) is 0 Å². The van der Waals surface area contributed by atoms with E-state index >= 15 is 0 Å². The van der Waals surface area contributed by atoms with Crippen molar-refractivity contribution >= 4 is 10.0 Å². The molecule has 0 saturated heterocycles. The molecule has 0 aliphatic carbocycles. The molecule has 4 N–H and O–H groups in total. The molecule has 0 heterocycles. The quantitative estimate of drug-likeness (QED) is 0.662. The molecule has 0 aliphatic heterocycles. The molecule has 2 atom stereocenters. The molecule has 1 aromatic rings. The van der Waals surface area contributed by atoms with Gasteiger partial charge in [0, 0.05) is 12.6 Å². The highest BCUT2D eigenvalue weighted by molar-refractivity contribution is 7.88. The number of rotatable bonds is 6. The minimum Gasteiger partial charge on any atom is -0.392 e. The van der Waals surface area contributed by atoms with Crippen LogP contribution in [0.3, 0.4) is 0 Å². The highest BCUT2D eigenvalue weighted by Crippen LogP contribution is 2.10. The summed E-state index contributed by atoms with van der Waals surface area (Å²) in [6, 6.07) is 7.78. The minimum atomic E-state index is -3.59. The second-order valence-electron chi connectivity index (χ2n) is 4.28. The van der Waals surface area contributed by atoms with E-state index in [1.165, 1.54) is 6.92 Å². The van der Waals surface area contributed by atoms with Gasteiger partial charge >= 0.3 is 0 Å². The summed E-state index contributed by atoms with van der Waals surface area (Å²) in [6.45, 7) is 1.44. The Morgan fingerprint density at radius 1 is 1.47 bits per heavy atom. The van der Waals surface area contributed by atoms with E-state index in [-0.39, 0.29) is 12.3 Å². The van der Waals surface area contributed by atoms with Gasteiger partial charge in [0.25, 0.3) is 0 Å². The number of nitrogens with two attached hydrogens (primary N) is 1. The lowest BCUT2D eigenvalue weighted by Crippen LogP contribution is -2.43. The van der Waals surface area contributed by atoms with Gasteiger partial charge in [-0.2, -0.15) is 5.26 Å². The van der Waals surface area contributed by atoms with Crippen LogP contribution in [0, 0.1) is 11.3 Å². The maximum absolute atomic E-state index is 11.8. The first-order valence-corrected chi connectivity index (χ1v) is 7.40. The van der Waals surface area contributed by atoms with E-state index < -0.39 is 22.2 Å². The van der Waals surface area contributed by atoms with Gasteiger partial charge in [-0.15, -0.1) is 0 Å². The van der Waals surface area contributed by atoms with E-state index in [1.807, 2.05) is 6.07 Å². The number of hydrogen-bond donors (Lipinski definition) is 3. The normalized spacial score (nSPS) is 14.6. The third kappa shape index (κ3) is 4.96. The predicted octanol–water partition coefficient (Wildman–Crippen LogP) is -0.314. The molecule has 0 bridgehead atoms. The van der Waals surface area contributed by atoms with E-state index in [4.69, 9.17) is 11.0 Å². The highest BCUT2D eigenvalue weighted by Gasteiger charge is 2.17. The Labute approximate surface area is 112 Å². The second-order valence-corrected chi connectivity index (χ2v) is 6.09. The monoisotopic (exact) mass is 283 g/mol. The predicted molar refractivity (Wildman–Crippen MR) is 71.4 cm³/mol. The van der Waals surface area contributed by atoms with Crippen molar-refractivity contribution in [2.75, 3.05) is 6.54 Å². The molecule has 7 heteroatoms. The second kappa shape index (κ2) is 6.63. The third-order valence-corrected chi connectivity index (χ3v) is 3.94. The molecule has 6 nitrogen and oxygen atoms in total. The molecule has 0 radical (unpaired) electrons. The van der Waals surface area contributed by atoms with Gasteiger partial charge in [-0.3, -0.25) is 0 Å². The van der Waals surface area contributed by atoms with E-state index in [0.29, 0.717) is 11.1 Å². The summed E-state index contributed by atoms with van der Waals surface area (Å²) < 4.78 is 26.0. The summed E-state index contributed by atoms with van der Waals surface area (Å²) in [4.78, 5) is 0. The molecule has 0 spiro atoms. The summed E-state index contributed by atoms with van der Waals surface area (Å²) in [7, 11) is -3.59. The molecular weight excluding hydrogens is 266 g/mol. The molecule has 0 aliphatic rings. The Hall–Kier alpha value is -1.46. The zero-order valence-corrected chi connectivity index (χ0v) is 11.4. The summed E-state index contributed by atoms with van der Waals surface area (Å²) in [6.07, 6.45) is -0.797. The SMILES string of the molecule is CC(O)C(N)CNS(=O)(=O)Cc1ccccc1C#N. The van der Waals surface area contributed by atoms with Gasteiger partial charge in [-0.25, -0.2) is 13.1 Å². The van der Waals surface area contributed by atoms with Crippen LogP contribution in [0.15, 0.2) is 24.3 Å². The number of hydrogen-bond acceptors (Lipinski definition) is 5. The van der Waals surface area contributed by atoms with Crippen LogP contribution in [0.1, 0.15) is 18.1 Å². The van der Waals surface area contributed by atoms with Crippen molar-refractivity contribution in [1.29, 1.82) is 5.26 Å². The van der Waals surface area contributed by atoms with Gasteiger partial charge in [-0.05, 0) is 18.6 Å². The van der Waals surface area contributed by atoms with Gasteiger partial charge in [0.1, 0.15) is 0 Å². The fraction of sp³-hybridized carbons (Fsp3) is 0.417. The number of nitrogens with one attached hydrogen (secondary N) is 1. The zero-order chi connectivity index (χ0) is 14.5. The topological polar surface area (TPSA) is 116 Å². The van der Waals surface area contributed by atoms with Crippen molar-refractivity contribution in [2.24, 2.45) is 5.73 Å². The Balaban J connectivity index is 2.73. The number of aliphatic hydroxyl groups excluding tert-OH is 1. The number of nitriles is 1. The lowest BCUT2D eigenvalue weighted by Gasteiger charge is -2.15. The average molecular weight is 283 g/mol. The van der Waals surface area contributed by atoms with E-state index in [0.717, 1.165) is 0 Å². The molecular formula is C12H17N3O3S. The summed E-state index contributed by atoms with van der Waals surface area (Å²) in [5.74, 6) is -0.288. The van der Waals surface area contributed by atoms with E-state index in [9.17, 15) is 13.5 Å². The smallest absolute Gasteiger partial charge is 0.215 e. The van der Waals surface area contributed by atoms with Gasteiger partial charge in [0.15, 0.2) is 0 Å². The van der Waals surface area contributed by atoms with E-state index in [1.54, 1.807) is 24.3 Å². The maximum Gasteiger partial charge on any atom is 0.215 e. The van der Waals surface area contributed by atoms with Gasteiger partial charge < -0.3 is 10.8 Å². The Kier molecular flexibility index (Phi) is 5.44. The average Bonchev–Trinajstić information content (AvgIpc) is 2.36. The first kappa shape index (κ1) is 15.6. The summed E-state index contributed by atoms with van der Waals surface area (Å²) >= 11 is 0. The first-order chi connectivity index (χ1) is 8.85. The van der Waals surface area contributed by atoms with Crippen LogP contribution in [0.2, 0.25) is 0 Å². The fourth-order valence-corrected chi connectivity index (χ4v) is 2.61. The first-order valence-electron chi connectivity index (χ1n) is 5.74. The lowest BCUT2D eigenvalue weighted by atomic mass is 10.1. The molecule has 1 aromatic carbocycles. The maximum atomic E-state index is 11.8. The van der Waals surface area contributed by atoms with Crippen LogP contribution in [0.5, 0.6) is 0 Å². The Morgan fingerprint density at radius 3 is 2.68 bits per heavy atom.